The van der Waals surface area contributed by atoms with Crippen LogP contribution in [-0.4, -0.2) is 28.2 Å². The van der Waals surface area contributed by atoms with Gasteiger partial charge in [0.15, 0.2) is 0 Å². The summed E-state index contributed by atoms with van der Waals surface area (Å²) in [5, 5.41) is 0. The SMILES string of the molecule is NCc1ccc(CS(=O)(=O)NCC2CCOC2)cc1. The zero-order valence-corrected chi connectivity index (χ0v) is 11.7. The first-order valence-electron chi connectivity index (χ1n) is 6.42. The van der Waals surface area contributed by atoms with Crippen LogP contribution in [0.15, 0.2) is 24.3 Å². The fraction of sp³-hybridized carbons (Fsp3) is 0.538. The van der Waals surface area contributed by atoms with Gasteiger partial charge in [-0.2, -0.15) is 0 Å². The molecule has 1 fully saturated rings. The smallest absolute Gasteiger partial charge is 0.215 e. The number of hydrogen-bond donors (Lipinski definition) is 2. The van der Waals surface area contributed by atoms with Crippen LogP contribution >= 0.6 is 0 Å². The summed E-state index contributed by atoms with van der Waals surface area (Å²) in [4.78, 5) is 0. The van der Waals surface area contributed by atoms with Gasteiger partial charge in [0.05, 0.1) is 12.4 Å². The summed E-state index contributed by atoms with van der Waals surface area (Å²) in [6.07, 6.45) is 0.924. The molecule has 0 radical (unpaired) electrons. The normalized spacial score (nSPS) is 19.7. The molecule has 1 aromatic rings. The van der Waals surface area contributed by atoms with Gasteiger partial charge in [0.25, 0.3) is 0 Å². The lowest BCUT2D eigenvalue weighted by Crippen LogP contribution is -2.30. The molecule has 0 aromatic heterocycles. The van der Waals surface area contributed by atoms with E-state index in [0.717, 1.165) is 24.2 Å². The molecular weight excluding hydrogens is 264 g/mol. The van der Waals surface area contributed by atoms with Crippen molar-refractivity contribution in [1.82, 2.24) is 4.72 Å². The van der Waals surface area contributed by atoms with Crippen LogP contribution in [0, 0.1) is 5.92 Å². The number of sulfonamides is 1. The van der Waals surface area contributed by atoms with Crippen LogP contribution in [0.25, 0.3) is 0 Å². The van der Waals surface area contributed by atoms with Crippen molar-refractivity contribution < 1.29 is 13.2 Å². The number of hydrogen-bond acceptors (Lipinski definition) is 4. The molecule has 5 nitrogen and oxygen atoms in total. The van der Waals surface area contributed by atoms with Crippen molar-refractivity contribution in [3.8, 4) is 0 Å². The molecule has 19 heavy (non-hydrogen) atoms. The predicted molar refractivity (Wildman–Crippen MR) is 73.9 cm³/mol. The van der Waals surface area contributed by atoms with E-state index >= 15 is 0 Å². The molecule has 2 rings (SSSR count). The van der Waals surface area contributed by atoms with Crippen LogP contribution < -0.4 is 10.5 Å². The minimum absolute atomic E-state index is 0.00539. The second-order valence-corrected chi connectivity index (χ2v) is 6.66. The molecule has 0 saturated carbocycles. The van der Waals surface area contributed by atoms with E-state index in [1.807, 2.05) is 12.1 Å². The maximum absolute atomic E-state index is 11.9. The maximum atomic E-state index is 11.9. The van der Waals surface area contributed by atoms with E-state index < -0.39 is 10.0 Å². The molecule has 1 unspecified atom stereocenters. The minimum Gasteiger partial charge on any atom is -0.381 e. The predicted octanol–water partition coefficient (Wildman–Crippen LogP) is 0.601. The molecule has 106 valence electrons. The van der Waals surface area contributed by atoms with Gasteiger partial charge < -0.3 is 10.5 Å². The van der Waals surface area contributed by atoms with Gasteiger partial charge in [0.2, 0.25) is 10.0 Å². The molecule has 1 aromatic carbocycles. The highest BCUT2D eigenvalue weighted by Crippen LogP contribution is 2.12. The van der Waals surface area contributed by atoms with E-state index in [2.05, 4.69) is 4.72 Å². The fourth-order valence-electron chi connectivity index (χ4n) is 2.03. The Morgan fingerprint density at radius 2 is 1.95 bits per heavy atom. The van der Waals surface area contributed by atoms with Gasteiger partial charge in [-0.25, -0.2) is 13.1 Å². The summed E-state index contributed by atoms with van der Waals surface area (Å²) in [5.74, 6) is 0.306. The molecule has 1 aliphatic heterocycles. The number of rotatable bonds is 6. The summed E-state index contributed by atoms with van der Waals surface area (Å²) in [6, 6.07) is 7.32. The molecule has 1 saturated heterocycles. The third kappa shape index (κ3) is 4.58. The summed E-state index contributed by atoms with van der Waals surface area (Å²) >= 11 is 0. The topological polar surface area (TPSA) is 81.4 Å². The van der Waals surface area contributed by atoms with Gasteiger partial charge in [-0.1, -0.05) is 24.3 Å². The Morgan fingerprint density at radius 3 is 2.53 bits per heavy atom. The van der Waals surface area contributed by atoms with Crippen LogP contribution in [0.4, 0.5) is 0 Å². The van der Waals surface area contributed by atoms with Crippen LogP contribution in [0.1, 0.15) is 17.5 Å². The summed E-state index contributed by atoms with van der Waals surface area (Å²) in [6.45, 7) is 2.30. The van der Waals surface area contributed by atoms with Crippen molar-refractivity contribution in [2.24, 2.45) is 11.7 Å². The maximum Gasteiger partial charge on any atom is 0.215 e. The molecule has 0 amide bonds. The van der Waals surface area contributed by atoms with Crippen LogP contribution in [0.2, 0.25) is 0 Å². The lowest BCUT2D eigenvalue weighted by Gasteiger charge is -2.10. The Balaban J connectivity index is 1.88. The Morgan fingerprint density at radius 1 is 1.26 bits per heavy atom. The number of nitrogens with two attached hydrogens (primary N) is 1. The third-order valence-corrected chi connectivity index (χ3v) is 4.55. The van der Waals surface area contributed by atoms with Crippen molar-refractivity contribution in [3.05, 3.63) is 35.4 Å². The molecule has 3 N–H and O–H groups in total. The van der Waals surface area contributed by atoms with E-state index in [0.29, 0.717) is 25.6 Å². The van der Waals surface area contributed by atoms with Gasteiger partial charge in [-0.3, -0.25) is 0 Å². The Bertz CT molecular complexity index is 493. The first-order chi connectivity index (χ1) is 9.09. The van der Waals surface area contributed by atoms with E-state index in [1.165, 1.54) is 0 Å². The highest BCUT2D eigenvalue weighted by Gasteiger charge is 2.19. The molecule has 1 atom stereocenters. The number of benzene rings is 1. The zero-order chi connectivity index (χ0) is 13.7. The molecule has 0 aliphatic carbocycles. The number of nitrogens with one attached hydrogen (secondary N) is 1. The summed E-state index contributed by atoms with van der Waals surface area (Å²) in [5.41, 5.74) is 7.27. The first kappa shape index (κ1) is 14.5. The molecule has 0 spiro atoms. The minimum atomic E-state index is -3.28. The molecule has 1 aliphatic rings. The van der Waals surface area contributed by atoms with Gasteiger partial charge in [-0.05, 0) is 23.5 Å². The second kappa shape index (κ2) is 6.47. The quantitative estimate of drug-likeness (QED) is 0.801. The largest absolute Gasteiger partial charge is 0.381 e. The molecule has 0 bridgehead atoms. The zero-order valence-electron chi connectivity index (χ0n) is 10.8. The van der Waals surface area contributed by atoms with Crippen molar-refractivity contribution >= 4 is 10.0 Å². The van der Waals surface area contributed by atoms with E-state index in [9.17, 15) is 8.42 Å². The van der Waals surface area contributed by atoms with Crippen molar-refractivity contribution in [3.63, 3.8) is 0 Å². The lowest BCUT2D eigenvalue weighted by molar-refractivity contribution is 0.186. The van der Waals surface area contributed by atoms with Crippen molar-refractivity contribution in [1.29, 1.82) is 0 Å². The highest BCUT2D eigenvalue weighted by molar-refractivity contribution is 7.88. The fourth-order valence-corrected chi connectivity index (χ4v) is 3.25. The first-order valence-corrected chi connectivity index (χ1v) is 8.07. The highest BCUT2D eigenvalue weighted by atomic mass is 32.2. The van der Waals surface area contributed by atoms with Crippen LogP contribution in [0.5, 0.6) is 0 Å². The average Bonchev–Trinajstić information content (AvgIpc) is 2.90. The Kier molecular flexibility index (Phi) is 4.93. The van der Waals surface area contributed by atoms with Gasteiger partial charge in [-0.15, -0.1) is 0 Å². The van der Waals surface area contributed by atoms with Crippen LogP contribution in [-0.2, 0) is 27.1 Å². The monoisotopic (exact) mass is 284 g/mol. The van der Waals surface area contributed by atoms with Gasteiger partial charge in [0.1, 0.15) is 0 Å². The van der Waals surface area contributed by atoms with Crippen molar-refractivity contribution in [2.75, 3.05) is 19.8 Å². The molecular formula is C13H20N2O3S. The van der Waals surface area contributed by atoms with E-state index in [-0.39, 0.29) is 5.75 Å². The standard InChI is InChI=1S/C13H20N2O3S/c14-7-11-1-3-12(4-2-11)10-19(16,17)15-8-13-5-6-18-9-13/h1-4,13,15H,5-10,14H2. The Labute approximate surface area is 114 Å². The van der Waals surface area contributed by atoms with E-state index in [1.54, 1.807) is 12.1 Å². The van der Waals surface area contributed by atoms with E-state index in [4.69, 9.17) is 10.5 Å². The van der Waals surface area contributed by atoms with Gasteiger partial charge >= 0.3 is 0 Å². The Hall–Kier alpha value is -0.950. The lowest BCUT2D eigenvalue weighted by atomic mass is 10.1. The third-order valence-electron chi connectivity index (χ3n) is 3.23. The number of ether oxygens (including phenoxy) is 1. The van der Waals surface area contributed by atoms with Crippen LogP contribution in [0.3, 0.4) is 0 Å². The molecule has 6 heteroatoms. The second-order valence-electron chi connectivity index (χ2n) is 4.86. The summed E-state index contributed by atoms with van der Waals surface area (Å²) < 4.78 is 31.7. The summed E-state index contributed by atoms with van der Waals surface area (Å²) in [7, 11) is -3.28. The van der Waals surface area contributed by atoms with Crippen molar-refractivity contribution in [2.45, 2.75) is 18.7 Å². The van der Waals surface area contributed by atoms with Gasteiger partial charge in [0, 0.05) is 19.7 Å². The average molecular weight is 284 g/mol. The molecule has 1 heterocycles.